The van der Waals surface area contributed by atoms with Gasteiger partial charge in [0.05, 0.1) is 31.9 Å². The predicted octanol–water partition coefficient (Wildman–Crippen LogP) is 3.71. The fraction of sp³-hybridized carbons (Fsp3) is 0.500. The Bertz CT molecular complexity index is 1270. The molecule has 1 saturated heterocycles. The number of rotatable bonds is 17. The summed E-state index contributed by atoms with van der Waals surface area (Å²) in [5.41, 5.74) is 0.178. The van der Waals surface area contributed by atoms with E-state index in [1.807, 2.05) is 20.8 Å². The molecule has 12 heteroatoms. The Kier molecular flexibility index (Phi) is 13.3. The number of aliphatic carboxylic acids is 1. The van der Waals surface area contributed by atoms with Crippen molar-refractivity contribution < 1.29 is 38.4 Å². The van der Waals surface area contributed by atoms with Crippen LogP contribution >= 0.6 is 0 Å². The summed E-state index contributed by atoms with van der Waals surface area (Å²) in [6.07, 6.45) is 7.96. The SMILES string of the molecule is C#CCOCCOCCCNC(=O)N1CC(Oc2cccc(Oc3ccc(C(=O)N[C@@H](CCC(C)(C)C)C(=O)O)cn3)c2)C1. The van der Waals surface area contributed by atoms with Gasteiger partial charge in [0.1, 0.15) is 30.3 Å². The lowest BCUT2D eigenvalue weighted by atomic mass is 9.88. The van der Waals surface area contributed by atoms with Gasteiger partial charge >= 0.3 is 12.0 Å². The van der Waals surface area contributed by atoms with Crippen LogP contribution in [0.25, 0.3) is 0 Å². The van der Waals surface area contributed by atoms with E-state index in [1.54, 1.807) is 29.2 Å². The molecule has 0 saturated carbocycles. The van der Waals surface area contributed by atoms with Crippen molar-refractivity contribution in [3.05, 3.63) is 48.2 Å². The van der Waals surface area contributed by atoms with Gasteiger partial charge in [0.25, 0.3) is 5.91 Å². The summed E-state index contributed by atoms with van der Waals surface area (Å²) in [6, 6.07) is 8.97. The van der Waals surface area contributed by atoms with E-state index in [1.165, 1.54) is 18.3 Å². The summed E-state index contributed by atoms with van der Waals surface area (Å²) in [5.74, 6) is 2.12. The molecule has 3 N–H and O–H groups in total. The van der Waals surface area contributed by atoms with Gasteiger partial charge in [-0.2, -0.15) is 0 Å². The van der Waals surface area contributed by atoms with Crippen LogP contribution < -0.4 is 20.1 Å². The molecule has 3 rings (SSSR count). The number of carbonyl (C=O) groups excluding carboxylic acids is 2. The highest BCUT2D eigenvalue weighted by Crippen LogP contribution is 2.26. The molecule has 0 radical (unpaired) electrons. The number of terminal acetylenes is 1. The third kappa shape index (κ3) is 12.1. The molecular formula is C32H42N4O8. The van der Waals surface area contributed by atoms with E-state index in [-0.39, 0.29) is 35.6 Å². The largest absolute Gasteiger partial charge is 0.487 e. The molecule has 3 amide bonds. The van der Waals surface area contributed by atoms with E-state index < -0.39 is 17.9 Å². The number of carboxylic acid groups (broad SMARTS) is 1. The minimum atomic E-state index is -1.08. The molecule has 0 unspecified atom stereocenters. The van der Waals surface area contributed by atoms with E-state index in [4.69, 9.17) is 25.4 Å². The number of ether oxygens (including phenoxy) is 4. The number of aromatic nitrogens is 1. The average molecular weight is 611 g/mol. The van der Waals surface area contributed by atoms with Crippen LogP contribution in [0.15, 0.2) is 42.6 Å². The second-order valence-electron chi connectivity index (χ2n) is 11.5. The Labute approximate surface area is 258 Å². The topological polar surface area (TPSA) is 149 Å². The van der Waals surface area contributed by atoms with Crippen LogP contribution in [0.2, 0.25) is 0 Å². The number of amides is 3. The van der Waals surface area contributed by atoms with E-state index in [9.17, 15) is 19.5 Å². The zero-order valence-electron chi connectivity index (χ0n) is 25.5. The molecule has 12 nitrogen and oxygen atoms in total. The number of carboxylic acids is 1. The van der Waals surface area contributed by atoms with Crippen LogP contribution in [0, 0.1) is 17.8 Å². The van der Waals surface area contributed by atoms with Gasteiger partial charge in [-0.3, -0.25) is 4.79 Å². The third-order valence-corrected chi connectivity index (χ3v) is 6.55. The number of hydrogen-bond acceptors (Lipinski definition) is 8. The lowest BCUT2D eigenvalue weighted by Gasteiger charge is -2.38. The van der Waals surface area contributed by atoms with Crippen LogP contribution in [0.3, 0.4) is 0 Å². The van der Waals surface area contributed by atoms with Crippen molar-refractivity contribution in [3.8, 4) is 29.7 Å². The van der Waals surface area contributed by atoms with Crippen molar-refractivity contribution in [2.75, 3.05) is 46.1 Å². The second kappa shape index (κ2) is 17.1. The van der Waals surface area contributed by atoms with Gasteiger partial charge in [-0.15, -0.1) is 6.42 Å². The average Bonchev–Trinajstić information content (AvgIpc) is 2.95. The summed E-state index contributed by atoms with van der Waals surface area (Å²) < 4.78 is 22.3. The summed E-state index contributed by atoms with van der Waals surface area (Å²) in [7, 11) is 0. The first kappa shape index (κ1) is 34.2. The van der Waals surface area contributed by atoms with Crippen LogP contribution in [-0.2, 0) is 14.3 Å². The second-order valence-corrected chi connectivity index (χ2v) is 11.5. The van der Waals surface area contributed by atoms with Crippen LogP contribution in [0.1, 0.15) is 50.4 Å². The van der Waals surface area contributed by atoms with Gasteiger partial charge < -0.3 is 39.6 Å². The quantitative estimate of drug-likeness (QED) is 0.180. The van der Waals surface area contributed by atoms with Crippen LogP contribution in [-0.4, -0.2) is 91.1 Å². The molecule has 238 valence electrons. The molecular weight excluding hydrogens is 568 g/mol. The highest BCUT2D eigenvalue weighted by Gasteiger charge is 2.32. The van der Waals surface area contributed by atoms with Gasteiger partial charge in [0, 0.05) is 31.5 Å². The number of carbonyl (C=O) groups is 3. The van der Waals surface area contributed by atoms with Crippen molar-refractivity contribution in [2.24, 2.45) is 5.41 Å². The normalized spacial score (nSPS) is 13.7. The number of benzene rings is 1. The van der Waals surface area contributed by atoms with E-state index in [0.29, 0.717) is 70.2 Å². The molecule has 44 heavy (non-hydrogen) atoms. The number of urea groups is 1. The maximum atomic E-state index is 12.6. The van der Waals surface area contributed by atoms with Gasteiger partial charge in [0.15, 0.2) is 0 Å². The smallest absolute Gasteiger partial charge is 0.326 e. The lowest BCUT2D eigenvalue weighted by Crippen LogP contribution is -2.59. The van der Waals surface area contributed by atoms with Crippen LogP contribution in [0.4, 0.5) is 4.79 Å². The van der Waals surface area contributed by atoms with Gasteiger partial charge in [-0.25, -0.2) is 14.6 Å². The predicted molar refractivity (Wildman–Crippen MR) is 163 cm³/mol. The number of hydrogen-bond donors (Lipinski definition) is 3. The summed E-state index contributed by atoms with van der Waals surface area (Å²) in [4.78, 5) is 42.4. The Morgan fingerprint density at radius 3 is 2.55 bits per heavy atom. The molecule has 0 aliphatic carbocycles. The fourth-order valence-corrected chi connectivity index (χ4v) is 4.09. The van der Waals surface area contributed by atoms with E-state index in [2.05, 4.69) is 21.5 Å². The molecule has 1 aromatic carbocycles. The fourth-order valence-electron chi connectivity index (χ4n) is 4.09. The molecule has 0 spiro atoms. The number of pyridine rings is 1. The number of nitrogens with one attached hydrogen (secondary N) is 2. The van der Waals surface area contributed by atoms with E-state index in [0.717, 1.165) is 0 Å². The van der Waals surface area contributed by atoms with Crippen molar-refractivity contribution in [2.45, 2.75) is 52.2 Å². The Balaban J connectivity index is 1.38. The van der Waals surface area contributed by atoms with Crippen molar-refractivity contribution in [1.29, 1.82) is 0 Å². The molecule has 1 atom stereocenters. The molecule has 2 aromatic rings. The number of likely N-dealkylation sites (tertiary alicyclic amines) is 1. The molecule has 2 heterocycles. The van der Waals surface area contributed by atoms with Crippen molar-refractivity contribution >= 4 is 17.9 Å². The maximum absolute atomic E-state index is 12.6. The van der Waals surface area contributed by atoms with Gasteiger partial charge in [-0.1, -0.05) is 32.8 Å². The third-order valence-electron chi connectivity index (χ3n) is 6.55. The highest BCUT2D eigenvalue weighted by atomic mass is 16.5. The van der Waals surface area contributed by atoms with E-state index >= 15 is 0 Å². The summed E-state index contributed by atoms with van der Waals surface area (Å²) in [6.45, 7) is 9.18. The Morgan fingerprint density at radius 1 is 1.11 bits per heavy atom. The summed E-state index contributed by atoms with van der Waals surface area (Å²) in [5, 5.41) is 14.9. The minimum absolute atomic E-state index is 0.0491. The first-order valence-electron chi connectivity index (χ1n) is 14.6. The zero-order chi connectivity index (χ0) is 32.0. The van der Waals surface area contributed by atoms with Crippen molar-refractivity contribution in [1.82, 2.24) is 20.5 Å². The first-order chi connectivity index (χ1) is 21.0. The Hall–Kier alpha value is -4.34. The molecule has 1 aromatic heterocycles. The van der Waals surface area contributed by atoms with Crippen molar-refractivity contribution in [3.63, 3.8) is 0 Å². The monoisotopic (exact) mass is 610 g/mol. The molecule has 1 fully saturated rings. The molecule has 1 aliphatic heterocycles. The minimum Gasteiger partial charge on any atom is -0.487 e. The highest BCUT2D eigenvalue weighted by molar-refractivity contribution is 5.96. The standard InChI is InChI=1S/C32H42N4O8/c1-5-15-41-17-18-42-16-7-14-33-31(40)36-21-26(22-36)43-24-8-6-9-25(19-24)44-28-11-10-23(20-34-28)29(37)35-27(30(38)39)12-13-32(2,3)4/h1,6,8-11,19-20,26-27H,7,12-18,21-22H2,2-4H3,(H,33,40)(H,35,37)(H,38,39)/t27-/m0/s1. The Morgan fingerprint density at radius 2 is 1.86 bits per heavy atom. The maximum Gasteiger partial charge on any atom is 0.326 e. The molecule has 0 bridgehead atoms. The molecule has 1 aliphatic rings. The lowest BCUT2D eigenvalue weighted by molar-refractivity contribution is -0.139. The van der Waals surface area contributed by atoms with Gasteiger partial charge in [-0.05, 0) is 42.9 Å². The van der Waals surface area contributed by atoms with Crippen LogP contribution in [0.5, 0.6) is 17.4 Å². The number of nitrogens with zero attached hydrogens (tertiary/aromatic N) is 2. The summed E-state index contributed by atoms with van der Waals surface area (Å²) >= 11 is 0. The first-order valence-corrected chi connectivity index (χ1v) is 14.6. The van der Waals surface area contributed by atoms with Gasteiger partial charge in [0.2, 0.25) is 5.88 Å². The zero-order valence-corrected chi connectivity index (χ0v) is 25.5.